The molecule has 1 heterocycles. The van der Waals surface area contributed by atoms with Gasteiger partial charge in [-0.2, -0.15) is 0 Å². The topological polar surface area (TPSA) is 74.7 Å². The monoisotopic (exact) mass is 283 g/mol. The minimum atomic E-state index is -3.03. The molecule has 1 unspecified atom stereocenters. The predicted octanol–water partition coefficient (Wildman–Crippen LogP) is 0.785. The molecule has 0 aromatic heterocycles. The maximum atomic E-state index is 12.1. The Morgan fingerprint density at radius 1 is 1.37 bits per heavy atom. The number of carbonyl (C=O) groups excluding carboxylic acids is 1. The first-order valence-corrected chi connectivity index (χ1v) is 7.93. The second-order valence-corrected chi connectivity index (χ2v) is 7.19. The summed E-state index contributed by atoms with van der Waals surface area (Å²) in [5.74, 6) is -0.289. The summed E-state index contributed by atoms with van der Waals surface area (Å²) < 4.78 is 22.7. The van der Waals surface area contributed by atoms with Crippen molar-refractivity contribution in [3.05, 3.63) is 29.8 Å². The molecular weight excluding hydrogens is 266 g/mol. The highest BCUT2D eigenvalue weighted by atomic mass is 32.2. The lowest BCUT2D eigenvalue weighted by Crippen LogP contribution is -2.33. The maximum Gasteiger partial charge on any atom is 0.226 e. The minimum Gasteiger partial charge on any atom is -0.508 e. The second-order valence-electron chi connectivity index (χ2n) is 4.96. The summed E-state index contributed by atoms with van der Waals surface area (Å²) in [6.07, 6.45) is 0.418. The van der Waals surface area contributed by atoms with Crippen LogP contribution < -0.4 is 0 Å². The lowest BCUT2D eigenvalue weighted by atomic mass is 10.1. The van der Waals surface area contributed by atoms with Crippen LogP contribution in [0.15, 0.2) is 24.3 Å². The van der Waals surface area contributed by atoms with Crippen molar-refractivity contribution in [3.8, 4) is 5.75 Å². The standard InChI is InChI=1S/C13H17NO4S/c1-14(8-10-2-4-12(15)5-3-10)13(16)11-6-7-19(17,18)9-11/h2-5,11,15H,6-9H2,1H3. The third kappa shape index (κ3) is 3.47. The average molecular weight is 283 g/mol. The van der Waals surface area contributed by atoms with Crippen LogP contribution in [-0.2, 0) is 21.2 Å². The summed E-state index contributed by atoms with van der Waals surface area (Å²) in [6.45, 7) is 0.412. The Kier molecular flexibility index (Phi) is 3.80. The van der Waals surface area contributed by atoms with E-state index in [4.69, 9.17) is 0 Å². The fourth-order valence-electron chi connectivity index (χ4n) is 2.25. The van der Waals surface area contributed by atoms with Crippen molar-refractivity contribution >= 4 is 15.7 Å². The number of benzene rings is 1. The molecule has 6 heteroatoms. The summed E-state index contributed by atoms with van der Waals surface area (Å²) in [7, 11) is -1.37. The predicted molar refractivity (Wildman–Crippen MR) is 71.3 cm³/mol. The molecule has 19 heavy (non-hydrogen) atoms. The number of hydrogen-bond donors (Lipinski definition) is 1. The van der Waals surface area contributed by atoms with Gasteiger partial charge in [0, 0.05) is 13.6 Å². The molecule has 0 spiro atoms. The zero-order valence-corrected chi connectivity index (χ0v) is 11.6. The molecule has 0 radical (unpaired) electrons. The van der Waals surface area contributed by atoms with E-state index in [1.807, 2.05) is 0 Å². The summed E-state index contributed by atoms with van der Waals surface area (Å²) in [5, 5.41) is 9.18. The van der Waals surface area contributed by atoms with Gasteiger partial charge < -0.3 is 10.0 Å². The van der Waals surface area contributed by atoms with Gasteiger partial charge in [-0.15, -0.1) is 0 Å². The van der Waals surface area contributed by atoms with E-state index >= 15 is 0 Å². The first-order valence-electron chi connectivity index (χ1n) is 6.11. The third-order valence-electron chi connectivity index (χ3n) is 3.31. The molecule has 1 aliphatic rings. The van der Waals surface area contributed by atoms with Crippen LogP contribution in [0.4, 0.5) is 0 Å². The molecule has 0 saturated carbocycles. The van der Waals surface area contributed by atoms with E-state index in [2.05, 4.69) is 0 Å². The normalized spacial score (nSPS) is 21.2. The van der Waals surface area contributed by atoms with Gasteiger partial charge in [0.2, 0.25) is 5.91 Å². The Hall–Kier alpha value is -1.56. The van der Waals surface area contributed by atoms with Gasteiger partial charge in [-0.1, -0.05) is 12.1 Å². The van der Waals surface area contributed by atoms with E-state index in [-0.39, 0.29) is 23.2 Å². The highest BCUT2D eigenvalue weighted by molar-refractivity contribution is 7.91. The maximum absolute atomic E-state index is 12.1. The molecule has 1 aromatic rings. The fraction of sp³-hybridized carbons (Fsp3) is 0.462. The van der Waals surface area contributed by atoms with Crippen LogP contribution in [0.25, 0.3) is 0 Å². The Bertz CT molecular complexity index is 565. The van der Waals surface area contributed by atoms with Crippen molar-refractivity contribution in [1.82, 2.24) is 4.90 Å². The molecule has 1 amide bonds. The second kappa shape index (κ2) is 5.21. The van der Waals surface area contributed by atoms with Gasteiger partial charge in [-0.05, 0) is 24.1 Å². The molecule has 0 bridgehead atoms. The molecule has 5 nitrogen and oxygen atoms in total. The number of phenolic OH excluding ortho intramolecular Hbond substituents is 1. The van der Waals surface area contributed by atoms with Gasteiger partial charge in [-0.3, -0.25) is 4.79 Å². The Labute approximate surface area is 112 Å². The number of amides is 1. The van der Waals surface area contributed by atoms with Gasteiger partial charge in [-0.25, -0.2) is 8.42 Å². The number of sulfone groups is 1. The van der Waals surface area contributed by atoms with Gasteiger partial charge in [0.25, 0.3) is 0 Å². The number of rotatable bonds is 3. The minimum absolute atomic E-state index is 0.0360. The Morgan fingerprint density at radius 2 is 2.00 bits per heavy atom. The van der Waals surface area contributed by atoms with E-state index in [0.717, 1.165) is 5.56 Å². The SMILES string of the molecule is CN(Cc1ccc(O)cc1)C(=O)C1CCS(=O)(=O)C1. The highest BCUT2D eigenvalue weighted by Gasteiger charge is 2.34. The molecule has 1 atom stereocenters. The quantitative estimate of drug-likeness (QED) is 0.889. The van der Waals surface area contributed by atoms with Gasteiger partial charge >= 0.3 is 0 Å². The van der Waals surface area contributed by atoms with Crippen molar-refractivity contribution in [2.45, 2.75) is 13.0 Å². The van der Waals surface area contributed by atoms with Crippen LogP contribution in [0.5, 0.6) is 5.75 Å². The largest absolute Gasteiger partial charge is 0.508 e. The Morgan fingerprint density at radius 3 is 2.53 bits per heavy atom. The molecule has 104 valence electrons. The van der Waals surface area contributed by atoms with Crippen molar-refractivity contribution in [2.24, 2.45) is 5.92 Å². The number of nitrogens with zero attached hydrogens (tertiary/aromatic N) is 1. The van der Waals surface area contributed by atoms with Crippen molar-refractivity contribution < 1.29 is 18.3 Å². The molecule has 1 saturated heterocycles. The molecule has 1 aromatic carbocycles. The average Bonchev–Trinajstić information content (AvgIpc) is 2.71. The van der Waals surface area contributed by atoms with Crippen LogP contribution in [0.1, 0.15) is 12.0 Å². The van der Waals surface area contributed by atoms with Gasteiger partial charge in [0.05, 0.1) is 17.4 Å². The molecule has 1 aliphatic heterocycles. The van der Waals surface area contributed by atoms with Crippen LogP contribution in [0, 0.1) is 5.92 Å². The van der Waals surface area contributed by atoms with E-state index < -0.39 is 15.8 Å². The van der Waals surface area contributed by atoms with Crippen molar-refractivity contribution in [2.75, 3.05) is 18.6 Å². The first-order chi connectivity index (χ1) is 8.87. The van der Waals surface area contributed by atoms with Crippen LogP contribution in [0.3, 0.4) is 0 Å². The van der Waals surface area contributed by atoms with E-state index in [1.54, 1.807) is 31.3 Å². The summed E-state index contributed by atoms with van der Waals surface area (Å²) in [6, 6.07) is 6.61. The highest BCUT2D eigenvalue weighted by Crippen LogP contribution is 2.21. The Balaban J connectivity index is 1.98. The summed E-state index contributed by atoms with van der Waals surface area (Å²) in [4.78, 5) is 13.7. The number of phenols is 1. The van der Waals surface area contributed by atoms with Crippen LogP contribution >= 0.6 is 0 Å². The van der Waals surface area contributed by atoms with Gasteiger partial charge in [0.15, 0.2) is 9.84 Å². The van der Waals surface area contributed by atoms with Crippen molar-refractivity contribution in [3.63, 3.8) is 0 Å². The lowest BCUT2D eigenvalue weighted by Gasteiger charge is -2.20. The van der Waals surface area contributed by atoms with E-state index in [0.29, 0.717) is 13.0 Å². The molecule has 1 N–H and O–H groups in total. The third-order valence-corrected chi connectivity index (χ3v) is 5.08. The fourth-order valence-corrected chi connectivity index (χ4v) is 3.99. The van der Waals surface area contributed by atoms with E-state index in [9.17, 15) is 18.3 Å². The smallest absolute Gasteiger partial charge is 0.226 e. The molecule has 1 fully saturated rings. The molecular formula is C13H17NO4S. The number of hydrogen-bond acceptors (Lipinski definition) is 4. The van der Waals surface area contributed by atoms with Crippen LogP contribution in [-0.4, -0.2) is 42.9 Å². The van der Waals surface area contributed by atoms with E-state index in [1.165, 1.54) is 4.90 Å². The van der Waals surface area contributed by atoms with Gasteiger partial charge in [0.1, 0.15) is 5.75 Å². The van der Waals surface area contributed by atoms with Crippen molar-refractivity contribution in [1.29, 1.82) is 0 Å². The molecule has 0 aliphatic carbocycles. The zero-order valence-electron chi connectivity index (χ0n) is 10.7. The zero-order chi connectivity index (χ0) is 14.0. The first kappa shape index (κ1) is 13.9. The lowest BCUT2D eigenvalue weighted by molar-refractivity contribution is -0.133. The number of carbonyl (C=O) groups is 1. The number of aromatic hydroxyl groups is 1. The summed E-state index contributed by atoms with van der Waals surface area (Å²) in [5.41, 5.74) is 0.898. The summed E-state index contributed by atoms with van der Waals surface area (Å²) >= 11 is 0. The van der Waals surface area contributed by atoms with Crippen LogP contribution in [0.2, 0.25) is 0 Å². The molecule has 2 rings (SSSR count).